The summed E-state index contributed by atoms with van der Waals surface area (Å²) in [4.78, 5) is 26.1. The summed E-state index contributed by atoms with van der Waals surface area (Å²) >= 11 is 0. The van der Waals surface area contributed by atoms with Gasteiger partial charge in [0.25, 0.3) is 5.91 Å². The second-order valence-corrected chi connectivity index (χ2v) is 9.27. The van der Waals surface area contributed by atoms with Crippen molar-refractivity contribution in [1.82, 2.24) is 20.3 Å². The first-order valence-corrected chi connectivity index (χ1v) is 12.2. The van der Waals surface area contributed by atoms with Gasteiger partial charge < -0.3 is 20.4 Å². The van der Waals surface area contributed by atoms with Gasteiger partial charge in [0.1, 0.15) is 17.9 Å². The van der Waals surface area contributed by atoms with Crippen LogP contribution in [0.3, 0.4) is 0 Å². The van der Waals surface area contributed by atoms with E-state index in [0.717, 1.165) is 23.3 Å². The fourth-order valence-electron chi connectivity index (χ4n) is 5.05. The van der Waals surface area contributed by atoms with Crippen molar-refractivity contribution in [3.63, 3.8) is 0 Å². The number of ether oxygens (including phenoxy) is 1. The summed E-state index contributed by atoms with van der Waals surface area (Å²) in [5.74, 6) is 0.111. The number of H-pyrrole nitrogens is 1. The van der Waals surface area contributed by atoms with Crippen LogP contribution in [0.4, 0.5) is 15.8 Å². The maximum Gasteiger partial charge on any atom is 0.255 e. The Bertz CT molecular complexity index is 1540. The quantitative estimate of drug-likeness (QED) is 0.329. The van der Waals surface area contributed by atoms with Gasteiger partial charge in [-0.1, -0.05) is 19.1 Å². The summed E-state index contributed by atoms with van der Waals surface area (Å²) in [7, 11) is 0. The van der Waals surface area contributed by atoms with Gasteiger partial charge in [0.05, 0.1) is 22.5 Å². The van der Waals surface area contributed by atoms with Crippen molar-refractivity contribution in [3.05, 3.63) is 76.9 Å². The van der Waals surface area contributed by atoms with Gasteiger partial charge >= 0.3 is 0 Å². The molecule has 0 saturated carbocycles. The number of hydrogen-bond acceptors (Lipinski definition) is 5. The fourth-order valence-corrected chi connectivity index (χ4v) is 5.05. The van der Waals surface area contributed by atoms with Gasteiger partial charge in [-0.15, -0.1) is 0 Å². The minimum Gasteiger partial charge on any atom is -0.473 e. The number of rotatable bonds is 3. The number of nitrogens with one attached hydrogen (secondary N) is 3. The Morgan fingerprint density at radius 2 is 2.11 bits per heavy atom. The van der Waals surface area contributed by atoms with Crippen molar-refractivity contribution < 1.29 is 13.9 Å². The molecular weight excluding hydrogens is 457 g/mol. The highest BCUT2D eigenvalue weighted by Gasteiger charge is 2.33. The Morgan fingerprint density at radius 3 is 2.97 bits per heavy atom. The SMILES string of the molecule is CCc1c(F)cccc1Nc1c2[nH]c3c1C(=O)NC[C@H]3C/C=C(/C)COc1ccc3nccc-2c3n1. The van der Waals surface area contributed by atoms with Crippen molar-refractivity contribution in [2.24, 2.45) is 0 Å². The number of anilines is 2. The van der Waals surface area contributed by atoms with Gasteiger partial charge in [-0.05, 0) is 49.6 Å². The van der Waals surface area contributed by atoms with Crippen LogP contribution in [-0.4, -0.2) is 34.0 Å². The highest BCUT2D eigenvalue weighted by atomic mass is 19.1. The number of carbonyl (C=O) groups excluding carboxylic acids is 1. The van der Waals surface area contributed by atoms with Crippen molar-refractivity contribution in [2.45, 2.75) is 32.6 Å². The molecule has 4 bridgehead atoms. The largest absolute Gasteiger partial charge is 0.473 e. The van der Waals surface area contributed by atoms with E-state index in [2.05, 4.69) is 26.7 Å². The van der Waals surface area contributed by atoms with Crippen LogP contribution in [0.15, 0.2) is 54.2 Å². The summed E-state index contributed by atoms with van der Waals surface area (Å²) in [5.41, 5.74) is 7.15. The second-order valence-electron chi connectivity index (χ2n) is 9.27. The summed E-state index contributed by atoms with van der Waals surface area (Å²) in [6, 6.07) is 10.5. The number of carbonyl (C=O) groups is 1. The van der Waals surface area contributed by atoms with Gasteiger partial charge in [0, 0.05) is 47.2 Å². The van der Waals surface area contributed by atoms with E-state index in [1.54, 1.807) is 12.3 Å². The first kappa shape index (κ1) is 22.3. The van der Waals surface area contributed by atoms with E-state index in [-0.39, 0.29) is 17.6 Å². The molecule has 1 atom stereocenters. The van der Waals surface area contributed by atoms with Gasteiger partial charge in [0.15, 0.2) is 0 Å². The molecule has 7 nitrogen and oxygen atoms in total. The van der Waals surface area contributed by atoms with Crippen LogP contribution in [-0.2, 0) is 6.42 Å². The number of fused-ring (bicyclic) bond motifs is 3. The van der Waals surface area contributed by atoms with E-state index in [0.29, 0.717) is 64.7 Å². The van der Waals surface area contributed by atoms with Crippen molar-refractivity contribution in [2.75, 3.05) is 18.5 Å². The number of nitrogens with zero attached hydrogens (tertiary/aromatic N) is 2. The molecule has 2 aliphatic heterocycles. The molecule has 8 heteroatoms. The summed E-state index contributed by atoms with van der Waals surface area (Å²) < 4.78 is 20.6. The highest BCUT2D eigenvalue weighted by molar-refractivity contribution is 6.08. The molecule has 0 unspecified atom stereocenters. The van der Waals surface area contributed by atoms with E-state index in [4.69, 9.17) is 9.72 Å². The van der Waals surface area contributed by atoms with E-state index in [1.165, 1.54) is 6.07 Å². The maximum absolute atomic E-state index is 14.6. The van der Waals surface area contributed by atoms with Crippen LogP contribution in [0.2, 0.25) is 0 Å². The molecule has 3 N–H and O–H groups in total. The molecule has 4 aromatic rings. The van der Waals surface area contributed by atoms with E-state index in [1.807, 2.05) is 38.1 Å². The summed E-state index contributed by atoms with van der Waals surface area (Å²) in [5, 5.41) is 6.47. The Hall–Kier alpha value is -4.20. The monoisotopic (exact) mass is 483 g/mol. The van der Waals surface area contributed by atoms with Crippen molar-refractivity contribution >= 4 is 28.3 Å². The molecule has 3 aromatic heterocycles. The van der Waals surface area contributed by atoms with Gasteiger partial charge in [0.2, 0.25) is 5.88 Å². The normalized spacial score (nSPS) is 18.4. The average molecular weight is 484 g/mol. The van der Waals surface area contributed by atoms with Gasteiger partial charge in [-0.3, -0.25) is 9.78 Å². The third-order valence-corrected chi connectivity index (χ3v) is 6.93. The zero-order valence-electron chi connectivity index (χ0n) is 20.1. The minimum atomic E-state index is -0.281. The molecule has 0 spiro atoms. The van der Waals surface area contributed by atoms with E-state index >= 15 is 0 Å². The molecule has 1 aromatic carbocycles. The van der Waals surface area contributed by atoms with Crippen LogP contribution < -0.4 is 15.4 Å². The molecule has 0 saturated heterocycles. The van der Waals surface area contributed by atoms with Crippen molar-refractivity contribution in [3.8, 4) is 17.1 Å². The molecule has 36 heavy (non-hydrogen) atoms. The minimum absolute atomic E-state index is 0.0502. The van der Waals surface area contributed by atoms with Crippen LogP contribution in [0.1, 0.15) is 47.8 Å². The smallest absolute Gasteiger partial charge is 0.255 e. The van der Waals surface area contributed by atoms with Crippen LogP contribution >= 0.6 is 0 Å². The Labute approximate surface area is 207 Å². The summed E-state index contributed by atoms with van der Waals surface area (Å²) in [6.07, 6.45) is 5.12. The van der Waals surface area contributed by atoms with Gasteiger partial charge in [-0.25, -0.2) is 9.37 Å². The average Bonchev–Trinajstić information content (AvgIpc) is 3.26. The topological polar surface area (TPSA) is 91.9 Å². The molecular formula is C28H26FN5O2. The zero-order chi connectivity index (χ0) is 24.8. The van der Waals surface area contributed by atoms with Crippen molar-refractivity contribution in [1.29, 1.82) is 0 Å². The number of hydrogen-bond donors (Lipinski definition) is 3. The molecule has 0 fully saturated rings. The maximum atomic E-state index is 14.6. The first-order valence-electron chi connectivity index (χ1n) is 12.2. The third kappa shape index (κ3) is 3.69. The Balaban J connectivity index is 1.64. The lowest BCUT2D eigenvalue weighted by atomic mass is 9.92. The molecule has 0 radical (unpaired) electrons. The lowest BCUT2D eigenvalue weighted by Crippen LogP contribution is -2.35. The first-order chi connectivity index (χ1) is 17.5. The Morgan fingerprint density at radius 1 is 1.22 bits per heavy atom. The van der Waals surface area contributed by atoms with E-state index < -0.39 is 0 Å². The van der Waals surface area contributed by atoms with Crippen LogP contribution in [0, 0.1) is 5.82 Å². The van der Waals surface area contributed by atoms with Gasteiger partial charge in [-0.2, -0.15) is 0 Å². The highest BCUT2D eigenvalue weighted by Crippen LogP contribution is 2.43. The molecule has 6 rings (SSSR count). The van der Waals surface area contributed by atoms with Crippen LogP contribution in [0.25, 0.3) is 22.3 Å². The molecule has 1 amide bonds. The number of benzene rings is 1. The predicted molar refractivity (Wildman–Crippen MR) is 137 cm³/mol. The molecule has 5 heterocycles. The molecule has 0 aliphatic carbocycles. The Kier molecular flexibility index (Phi) is 5.44. The third-order valence-electron chi connectivity index (χ3n) is 6.93. The molecule has 2 aliphatic rings. The van der Waals surface area contributed by atoms with E-state index in [9.17, 15) is 9.18 Å². The molecule has 182 valence electrons. The number of amides is 1. The number of halogens is 1. The second kappa shape index (κ2) is 8.78. The summed E-state index contributed by atoms with van der Waals surface area (Å²) in [6.45, 7) is 4.89. The standard InChI is InChI=1S/C28H26FN5O2/c1-3-17-19(29)5-4-6-20(17)32-27-23-24-16(13-31-28(23)35)8-7-15(2)14-36-22-10-9-21-25(33-22)18(11-12-30-21)26(27)34-24/h4-7,9-12,16,32,34H,3,8,13-14H2,1-2H3,(H,31,35)/b15-7-/t16-/m1/s1. The van der Waals surface area contributed by atoms with Crippen LogP contribution in [0.5, 0.6) is 5.88 Å². The lowest BCUT2D eigenvalue weighted by Gasteiger charge is -2.23. The number of allylic oxidation sites excluding steroid dienone is 1. The fraction of sp³-hybridized carbons (Fsp3) is 0.250. The number of pyridine rings is 2. The number of aromatic amines is 1. The number of aromatic nitrogens is 3. The zero-order valence-corrected chi connectivity index (χ0v) is 20.1. The predicted octanol–water partition coefficient (Wildman–Crippen LogP) is 5.63. The lowest BCUT2D eigenvalue weighted by molar-refractivity contribution is 0.0941.